The number of benzene rings is 1. The number of hydrogen-bond donors (Lipinski definition) is 2. The van der Waals surface area contributed by atoms with Crippen molar-refractivity contribution in [2.75, 3.05) is 20.3 Å². The van der Waals surface area contributed by atoms with Crippen molar-refractivity contribution < 1.29 is 9.47 Å². The Morgan fingerprint density at radius 1 is 1.35 bits per heavy atom. The minimum absolute atomic E-state index is 0.0332. The molecule has 20 heavy (non-hydrogen) atoms. The normalized spacial score (nSPS) is 14.7. The molecule has 1 aromatic carbocycles. The standard InChI is InChI=1S/C15H25N3O2/c1-11-7-5-6-8-14(11)20-13(3)9-17-15(16)18-12(2)10-19-4/h5-8,12-13H,9-10H2,1-4H3,(H3,16,17,18). The van der Waals surface area contributed by atoms with Crippen molar-refractivity contribution in [3.8, 4) is 5.75 Å². The predicted octanol–water partition coefficient (Wildman–Crippen LogP) is 1.70. The Morgan fingerprint density at radius 3 is 2.70 bits per heavy atom. The Kier molecular flexibility index (Phi) is 6.87. The number of methoxy groups -OCH3 is 1. The highest BCUT2D eigenvalue weighted by molar-refractivity contribution is 5.78. The van der Waals surface area contributed by atoms with E-state index in [1.165, 1.54) is 0 Å². The molecule has 1 aromatic rings. The molecule has 2 unspecified atom stereocenters. The van der Waals surface area contributed by atoms with Gasteiger partial charge in [0.05, 0.1) is 13.2 Å². The van der Waals surface area contributed by atoms with E-state index in [1.807, 2.05) is 45.0 Å². The number of nitrogens with one attached hydrogen (secondary N) is 1. The van der Waals surface area contributed by atoms with E-state index >= 15 is 0 Å². The molecule has 0 aliphatic heterocycles. The maximum Gasteiger partial charge on any atom is 0.189 e. The first kappa shape index (κ1) is 16.3. The largest absolute Gasteiger partial charge is 0.489 e. The molecule has 3 N–H and O–H groups in total. The molecule has 2 atom stereocenters. The first-order valence-corrected chi connectivity index (χ1v) is 6.80. The highest BCUT2D eigenvalue weighted by atomic mass is 16.5. The monoisotopic (exact) mass is 279 g/mol. The number of nitrogens with zero attached hydrogens (tertiary/aromatic N) is 1. The minimum atomic E-state index is -0.0332. The van der Waals surface area contributed by atoms with Gasteiger partial charge in [-0.1, -0.05) is 18.2 Å². The summed E-state index contributed by atoms with van der Waals surface area (Å²) in [5.74, 6) is 1.30. The molecule has 1 rings (SSSR count). The van der Waals surface area contributed by atoms with Crippen LogP contribution in [0.15, 0.2) is 29.3 Å². The van der Waals surface area contributed by atoms with Crippen LogP contribution in [0.25, 0.3) is 0 Å². The summed E-state index contributed by atoms with van der Waals surface area (Å²) in [6, 6.07) is 8.06. The Hall–Kier alpha value is -1.75. The Morgan fingerprint density at radius 2 is 2.05 bits per heavy atom. The van der Waals surface area contributed by atoms with E-state index in [9.17, 15) is 0 Å². The lowest BCUT2D eigenvalue weighted by Gasteiger charge is -2.16. The van der Waals surface area contributed by atoms with E-state index in [1.54, 1.807) is 7.11 Å². The van der Waals surface area contributed by atoms with Crippen LogP contribution in [-0.4, -0.2) is 38.4 Å². The predicted molar refractivity (Wildman–Crippen MR) is 82.2 cm³/mol. The van der Waals surface area contributed by atoms with Crippen LogP contribution in [0.2, 0.25) is 0 Å². The smallest absolute Gasteiger partial charge is 0.189 e. The zero-order chi connectivity index (χ0) is 15.0. The summed E-state index contributed by atoms with van der Waals surface area (Å²) in [6.45, 7) is 7.08. The second-order valence-electron chi connectivity index (χ2n) is 4.92. The molecule has 112 valence electrons. The number of guanidine groups is 1. The highest BCUT2D eigenvalue weighted by Crippen LogP contribution is 2.17. The molecule has 0 aromatic heterocycles. The summed E-state index contributed by atoms with van der Waals surface area (Å²) in [5, 5.41) is 3.06. The van der Waals surface area contributed by atoms with Gasteiger partial charge >= 0.3 is 0 Å². The van der Waals surface area contributed by atoms with Gasteiger partial charge in [0.15, 0.2) is 5.96 Å². The van der Waals surface area contributed by atoms with Gasteiger partial charge in [0.1, 0.15) is 11.9 Å². The zero-order valence-electron chi connectivity index (χ0n) is 12.7. The lowest BCUT2D eigenvalue weighted by molar-refractivity contribution is 0.179. The third kappa shape index (κ3) is 5.93. The molecule has 0 saturated heterocycles. The van der Waals surface area contributed by atoms with Crippen molar-refractivity contribution in [1.29, 1.82) is 0 Å². The molecular formula is C15H25N3O2. The number of nitrogens with two attached hydrogens (primary N) is 1. The van der Waals surface area contributed by atoms with Crippen LogP contribution in [0.1, 0.15) is 19.4 Å². The second-order valence-corrected chi connectivity index (χ2v) is 4.92. The summed E-state index contributed by atoms with van der Waals surface area (Å²) in [5.41, 5.74) is 6.92. The van der Waals surface area contributed by atoms with Gasteiger partial charge in [0, 0.05) is 13.2 Å². The van der Waals surface area contributed by atoms with Crippen molar-refractivity contribution in [2.45, 2.75) is 32.9 Å². The second kappa shape index (κ2) is 8.43. The van der Waals surface area contributed by atoms with E-state index in [2.05, 4.69) is 10.3 Å². The van der Waals surface area contributed by atoms with Crippen LogP contribution >= 0.6 is 0 Å². The zero-order valence-corrected chi connectivity index (χ0v) is 12.7. The number of hydrogen-bond acceptors (Lipinski definition) is 3. The quantitative estimate of drug-likeness (QED) is 0.589. The van der Waals surface area contributed by atoms with Crippen molar-refractivity contribution in [1.82, 2.24) is 5.32 Å². The Balaban J connectivity index is 2.42. The lowest BCUT2D eigenvalue weighted by atomic mass is 10.2. The van der Waals surface area contributed by atoms with Gasteiger partial charge in [-0.15, -0.1) is 0 Å². The average Bonchev–Trinajstić information content (AvgIpc) is 2.39. The molecule has 5 nitrogen and oxygen atoms in total. The van der Waals surface area contributed by atoms with Crippen LogP contribution < -0.4 is 15.8 Å². The fraction of sp³-hybridized carbons (Fsp3) is 0.533. The molecule has 0 aliphatic rings. The lowest BCUT2D eigenvalue weighted by Crippen LogP contribution is -2.41. The highest BCUT2D eigenvalue weighted by Gasteiger charge is 2.06. The van der Waals surface area contributed by atoms with Crippen LogP contribution in [0.5, 0.6) is 5.75 Å². The summed E-state index contributed by atoms with van der Waals surface area (Å²) < 4.78 is 10.9. The summed E-state index contributed by atoms with van der Waals surface area (Å²) in [4.78, 5) is 4.27. The molecule has 0 bridgehead atoms. The van der Waals surface area contributed by atoms with Crippen molar-refractivity contribution in [2.24, 2.45) is 10.7 Å². The van der Waals surface area contributed by atoms with E-state index in [0.29, 0.717) is 19.1 Å². The van der Waals surface area contributed by atoms with Crippen molar-refractivity contribution in [3.05, 3.63) is 29.8 Å². The molecule has 0 fully saturated rings. The number of ether oxygens (including phenoxy) is 2. The number of rotatable bonds is 7. The van der Waals surface area contributed by atoms with Crippen LogP contribution in [0.3, 0.4) is 0 Å². The van der Waals surface area contributed by atoms with Gasteiger partial charge in [-0.05, 0) is 32.4 Å². The molecule has 0 saturated carbocycles. The van der Waals surface area contributed by atoms with E-state index in [4.69, 9.17) is 15.2 Å². The van der Waals surface area contributed by atoms with E-state index in [-0.39, 0.29) is 12.1 Å². The average molecular weight is 279 g/mol. The molecule has 0 amide bonds. The number of aryl methyl sites for hydroxylation is 1. The molecule has 0 heterocycles. The molecule has 5 heteroatoms. The van der Waals surface area contributed by atoms with E-state index in [0.717, 1.165) is 11.3 Å². The first-order valence-electron chi connectivity index (χ1n) is 6.80. The first-order chi connectivity index (χ1) is 9.52. The van der Waals surface area contributed by atoms with Crippen LogP contribution in [-0.2, 0) is 4.74 Å². The summed E-state index contributed by atoms with van der Waals surface area (Å²) >= 11 is 0. The molecule has 0 aliphatic carbocycles. The maximum atomic E-state index is 5.83. The summed E-state index contributed by atoms with van der Waals surface area (Å²) in [7, 11) is 1.66. The number of aliphatic imine (C=N–C) groups is 1. The maximum absolute atomic E-state index is 5.83. The van der Waals surface area contributed by atoms with Crippen LogP contribution in [0.4, 0.5) is 0 Å². The third-order valence-electron chi connectivity index (χ3n) is 2.75. The fourth-order valence-electron chi connectivity index (χ4n) is 1.76. The topological polar surface area (TPSA) is 68.9 Å². The minimum Gasteiger partial charge on any atom is -0.489 e. The van der Waals surface area contributed by atoms with Gasteiger partial charge in [-0.3, -0.25) is 0 Å². The number of para-hydroxylation sites is 1. The van der Waals surface area contributed by atoms with Gasteiger partial charge in [-0.25, -0.2) is 4.99 Å². The molecule has 0 radical (unpaired) electrons. The fourth-order valence-corrected chi connectivity index (χ4v) is 1.76. The van der Waals surface area contributed by atoms with Gasteiger partial charge in [0.2, 0.25) is 0 Å². The Labute approximate surface area is 121 Å². The Bertz CT molecular complexity index is 435. The van der Waals surface area contributed by atoms with E-state index < -0.39 is 0 Å². The molecule has 0 spiro atoms. The molecular weight excluding hydrogens is 254 g/mol. The van der Waals surface area contributed by atoms with Crippen molar-refractivity contribution in [3.63, 3.8) is 0 Å². The summed E-state index contributed by atoms with van der Waals surface area (Å²) in [6.07, 6.45) is -0.0332. The van der Waals surface area contributed by atoms with Crippen molar-refractivity contribution >= 4 is 5.96 Å². The van der Waals surface area contributed by atoms with Crippen LogP contribution in [0, 0.1) is 6.92 Å². The SMILES string of the molecule is COCC(C)NC(N)=NCC(C)Oc1ccccc1C. The van der Waals surface area contributed by atoms with Gasteiger partial charge in [-0.2, -0.15) is 0 Å². The van der Waals surface area contributed by atoms with Gasteiger partial charge < -0.3 is 20.5 Å². The third-order valence-corrected chi connectivity index (χ3v) is 2.75. The van der Waals surface area contributed by atoms with Gasteiger partial charge in [0.25, 0.3) is 0 Å².